The van der Waals surface area contributed by atoms with Crippen molar-refractivity contribution in [3.63, 3.8) is 0 Å². The van der Waals surface area contributed by atoms with Crippen LogP contribution in [-0.2, 0) is 16.1 Å². The van der Waals surface area contributed by atoms with Gasteiger partial charge in [0.05, 0.1) is 30.7 Å². The number of fused-ring (bicyclic) bond motifs is 1. The molecule has 1 aliphatic rings. The molecule has 0 radical (unpaired) electrons. The maximum absolute atomic E-state index is 10.4. The molecule has 0 unspecified atom stereocenters. The zero-order valence-electron chi connectivity index (χ0n) is 10.6. The highest BCUT2D eigenvalue weighted by molar-refractivity contribution is 5.76. The number of nitrogens with zero attached hydrogens (tertiary/aromatic N) is 1. The molecule has 1 aliphatic carbocycles. The van der Waals surface area contributed by atoms with Crippen molar-refractivity contribution in [2.75, 3.05) is 6.61 Å². The summed E-state index contributed by atoms with van der Waals surface area (Å²) in [6.45, 7) is 0.671. The van der Waals surface area contributed by atoms with Crippen LogP contribution in [0.5, 0.6) is 0 Å². The lowest BCUT2D eigenvalue weighted by Crippen LogP contribution is -2.02. The van der Waals surface area contributed by atoms with Crippen LogP contribution in [0.4, 0.5) is 0 Å². The van der Waals surface area contributed by atoms with Gasteiger partial charge < -0.3 is 14.8 Å². The van der Waals surface area contributed by atoms with Crippen molar-refractivity contribution in [3.8, 4) is 0 Å². The fourth-order valence-electron chi connectivity index (χ4n) is 2.07. The maximum atomic E-state index is 10.4. The molecule has 1 aromatic heterocycles. The Labute approximate surface area is 110 Å². The second kappa shape index (κ2) is 5.01. The number of rotatable bonds is 6. The highest BCUT2D eigenvalue weighted by Crippen LogP contribution is 2.39. The Morgan fingerprint density at radius 1 is 1.47 bits per heavy atom. The van der Waals surface area contributed by atoms with Gasteiger partial charge in [-0.2, -0.15) is 0 Å². The van der Waals surface area contributed by atoms with Crippen LogP contribution < -0.4 is 0 Å². The van der Waals surface area contributed by atoms with Crippen LogP contribution in [0.1, 0.15) is 36.6 Å². The van der Waals surface area contributed by atoms with Crippen LogP contribution in [-0.4, -0.2) is 27.7 Å². The van der Waals surface area contributed by atoms with E-state index < -0.39 is 5.97 Å². The second-order valence-electron chi connectivity index (χ2n) is 4.94. The smallest absolute Gasteiger partial charge is 0.305 e. The standard InChI is InChI=1S/C14H16N2O3/c17-13(18)5-6-19-8-9-1-4-11-12(7-9)16-14(15-11)10-2-3-10/h1,4,7,10H,2-3,5-6,8H2,(H,15,16)(H,17,18). The Kier molecular flexibility index (Phi) is 3.21. The zero-order chi connectivity index (χ0) is 13.2. The molecule has 0 spiro atoms. The molecule has 0 bridgehead atoms. The number of carboxylic acids is 1. The number of benzene rings is 1. The van der Waals surface area contributed by atoms with E-state index in [1.54, 1.807) is 0 Å². The van der Waals surface area contributed by atoms with Gasteiger partial charge in [-0.25, -0.2) is 4.98 Å². The topological polar surface area (TPSA) is 75.2 Å². The lowest BCUT2D eigenvalue weighted by molar-refractivity contribution is -0.138. The summed E-state index contributed by atoms with van der Waals surface area (Å²) in [7, 11) is 0. The van der Waals surface area contributed by atoms with Gasteiger partial charge in [0.2, 0.25) is 0 Å². The normalized spacial score (nSPS) is 14.9. The molecule has 1 aromatic carbocycles. The van der Waals surface area contributed by atoms with Crippen LogP contribution >= 0.6 is 0 Å². The lowest BCUT2D eigenvalue weighted by Gasteiger charge is -2.02. The number of aromatic amines is 1. The zero-order valence-corrected chi connectivity index (χ0v) is 10.6. The van der Waals surface area contributed by atoms with Gasteiger partial charge in [0.1, 0.15) is 5.82 Å². The van der Waals surface area contributed by atoms with Gasteiger partial charge in [0.15, 0.2) is 0 Å². The fourth-order valence-corrected chi connectivity index (χ4v) is 2.07. The Balaban J connectivity index is 1.65. The minimum Gasteiger partial charge on any atom is -0.481 e. The van der Waals surface area contributed by atoms with E-state index in [1.807, 2.05) is 18.2 Å². The molecule has 1 heterocycles. The third-order valence-corrected chi connectivity index (χ3v) is 3.26. The van der Waals surface area contributed by atoms with Crippen molar-refractivity contribution < 1.29 is 14.6 Å². The minimum atomic E-state index is -0.835. The summed E-state index contributed by atoms with van der Waals surface area (Å²) >= 11 is 0. The number of carbonyl (C=O) groups is 1. The van der Waals surface area contributed by atoms with E-state index in [4.69, 9.17) is 9.84 Å². The van der Waals surface area contributed by atoms with Crippen LogP contribution in [0.15, 0.2) is 18.2 Å². The van der Waals surface area contributed by atoms with Crippen molar-refractivity contribution in [1.82, 2.24) is 9.97 Å². The molecule has 0 atom stereocenters. The number of hydrogen-bond acceptors (Lipinski definition) is 3. The number of nitrogens with one attached hydrogen (secondary N) is 1. The molecule has 100 valence electrons. The summed E-state index contributed by atoms with van der Waals surface area (Å²) in [4.78, 5) is 18.3. The van der Waals surface area contributed by atoms with Crippen LogP contribution in [0, 0.1) is 0 Å². The predicted octanol–water partition coefficient (Wildman–Crippen LogP) is 2.43. The predicted molar refractivity (Wildman–Crippen MR) is 70.0 cm³/mol. The van der Waals surface area contributed by atoms with E-state index in [0.717, 1.165) is 22.4 Å². The molecule has 0 aliphatic heterocycles. The first-order valence-electron chi connectivity index (χ1n) is 6.50. The van der Waals surface area contributed by atoms with Gasteiger partial charge in [-0.1, -0.05) is 6.07 Å². The summed E-state index contributed by atoms with van der Waals surface area (Å²) in [5.41, 5.74) is 3.04. The van der Waals surface area contributed by atoms with E-state index in [9.17, 15) is 4.79 Å². The number of aliphatic carboxylic acids is 1. The first kappa shape index (κ1) is 12.2. The Morgan fingerprint density at radius 2 is 2.32 bits per heavy atom. The number of hydrogen-bond donors (Lipinski definition) is 2. The third kappa shape index (κ3) is 2.93. The number of aromatic nitrogens is 2. The van der Waals surface area contributed by atoms with E-state index >= 15 is 0 Å². The van der Waals surface area contributed by atoms with E-state index in [2.05, 4.69) is 9.97 Å². The van der Waals surface area contributed by atoms with Crippen molar-refractivity contribution in [2.24, 2.45) is 0 Å². The fraction of sp³-hybridized carbons (Fsp3) is 0.429. The highest BCUT2D eigenvalue weighted by Gasteiger charge is 2.26. The molecule has 5 heteroatoms. The molecular formula is C14H16N2O3. The average molecular weight is 260 g/mol. The molecule has 0 amide bonds. The number of imidazole rings is 1. The first-order chi connectivity index (χ1) is 9.22. The van der Waals surface area contributed by atoms with Gasteiger partial charge in [0.25, 0.3) is 0 Å². The minimum absolute atomic E-state index is 0.0398. The summed E-state index contributed by atoms with van der Waals surface area (Å²) in [6.07, 6.45) is 2.49. The lowest BCUT2D eigenvalue weighted by atomic mass is 10.2. The molecule has 5 nitrogen and oxygen atoms in total. The molecule has 3 rings (SSSR count). The molecular weight excluding hydrogens is 244 g/mol. The highest BCUT2D eigenvalue weighted by atomic mass is 16.5. The van der Waals surface area contributed by atoms with Crippen molar-refractivity contribution in [3.05, 3.63) is 29.6 Å². The van der Waals surface area contributed by atoms with Gasteiger partial charge in [0, 0.05) is 5.92 Å². The Morgan fingerprint density at radius 3 is 3.05 bits per heavy atom. The molecule has 1 saturated carbocycles. The maximum Gasteiger partial charge on any atom is 0.305 e. The summed E-state index contributed by atoms with van der Waals surface area (Å²) in [5, 5.41) is 8.52. The van der Waals surface area contributed by atoms with Gasteiger partial charge in [-0.15, -0.1) is 0 Å². The number of H-pyrrole nitrogens is 1. The first-order valence-corrected chi connectivity index (χ1v) is 6.50. The number of ether oxygens (including phenoxy) is 1. The summed E-state index contributed by atoms with van der Waals surface area (Å²) < 4.78 is 5.33. The molecule has 2 N–H and O–H groups in total. The molecule has 1 fully saturated rings. The van der Waals surface area contributed by atoms with Gasteiger partial charge in [-0.3, -0.25) is 4.79 Å². The second-order valence-corrected chi connectivity index (χ2v) is 4.94. The monoisotopic (exact) mass is 260 g/mol. The third-order valence-electron chi connectivity index (χ3n) is 3.26. The van der Waals surface area contributed by atoms with Crippen LogP contribution in [0.3, 0.4) is 0 Å². The Hall–Kier alpha value is -1.88. The molecule has 19 heavy (non-hydrogen) atoms. The van der Waals surface area contributed by atoms with Crippen molar-refractivity contribution in [2.45, 2.75) is 31.8 Å². The largest absolute Gasteiger partial charge is 0.481 e. The Bertz CT molecular complexity index is 602. The van der Waals surface area contributed by atoms with Crippen molar-refractivity contribution in [1.29, 1.82) is 0 Å². The van der Waals surface area contributed by atoms with E-state index in [0.29, 0.717) is 12.5 Å². The summed E-state index contributed by atoms with van der Waals surface area (Å²) in [6, 6.07) is 5.98. The molecule has 2 aromatic rings. The summed E-state index contributed by atoms with van der Waals surface area (Å²) in [5.74, 6) is 0.861. The number of carboxylic acid groups (broad SMARTS) is 1. The SMILES string of the molecule is O=C(O)CCOCc1ccc2nc(C3CC3)[nH]c2c1. The quantitative estimate of drug-likeness (QED) is 0.782. The van der Waals surface area contributed by atoms with Crippen molar-refractivity contribution >= 4 is 17.0 Å². The van der Waals surface area contributed by atoms with E-state index in [-0.39, 0.29) is 13.0 Å². The van der Waals surface area contributed by atoms with E-state index in [1.165, 1.54) is 12.8 Å². The molecule has 0 saturated heterocycles. The van der Waals surface area contributed by atoms with Crippen LogP contribution in [0.25, 0.3) is 11.0 Å². The van der Waals surface area contributed by atoms with Gasteiger partial charge in [-0.05, 0) is 30.5 Å². The van der Waals surface area contributed by atoms with Gasteiger partial charge >= 0.3 is 5.97 Å². The average Bonchev–Trinajstić information content (AvgIpc) is 3.14. The van der Waals surface area contributed by atoms with Crippen LogP contribution in [0.2, 0.25) is 0 Å².